The fraction of sp³-hybridized carbons (Fsp3) is 0.0667. The number of nitrogens with one attached hydrogen (secondary N) is 1. The first kappa shape index (κ1) is 14.1. The van der Waals surface area contributed by atoms with Crippen molar-refractivity contribution in [3.05, 3.63) is 64.7 Å². The Bertz CT molecular complexity index is 641. The molecule has 2 aromatic carbocycles. The van der Waals surface area contributed by atoms with Crippen molar-refractivity contribution in [1.82, 2.24) is 5.43 Å². The first-order valence-electron chi connectivity index (χ1n) is 5.92. The highest BCUT2D eigenvalue weighted by atomic mass is 35.5. The smallest absolute Gasteiger partial charge is 0.275 e. The third kappa shape index (κ3) is 3.59. The Morgan fingerprint density at radius 2 is 2.05 bits per heavy atom. The molecule has 0 unspecified atom stereocenters. The van der Waals surface area contributed by atoms with Crippen molar-refractivity contribution in [2.24, 2.45) is 5.10 Å². The van der Waals surface area contributed by atoms with Gasteiger partial charge in [0, 0.05) is 5.02 Å². The van der Waals surface area contributed by atoms with Crippen LogP contribution < -0.4 is 10.2 Å². The third-order valence-electron chi connectivity index (χ3n) is 2.58. The van der Waals surface area contributed by atoms with Crippen LogP contribution in [0.1, 0.15) is 15.9 Å². The minimum Gasteiger partial charge on any atom is -0.496 e. The zero-order chi connectivity index (χ0) is 14.4. The number of hydrazone groups is 1. The number of para-hydroxylation sites is 1. The van der Waals surface area contributed by atoms with Gasteiger partial charge in [-0.15, -0.1) is 0 Å². The molecular formula is C15H13ClN2O2. The second kappa shape index (κ2) is 6.73. The topological polar surface area (TPSA) is 50.7 Å². The Morgan fingerprint density at radius 3 is 2.80 bits per heavy atom. The van der Waals surface area contributed by atoms with Crippen molar-refractivity contribution in [2.45, 2.75) is 0 Å². The minimum absolute atomic E-state index is 0.333. The van der Waals surface area contributed by atoms with Crippen molar-refractivity contribution in [3.8, 4) is 5.75 Å². The van der Waals surface area contributed by atoms with Gasteiger partial charge in [0.15, 0.2) is 0 Å². The number of methoxy groups -OCH3 is 1. The number of amides is 1. The Labute approximate surface area is 122 Å². The molecule has 0 heterocycles. The van der Waals surface area contributed by atoms with Gasteiger partial charge in [-0.05, 0) is 29.8 Å². The molecular weight excluding hydrogens is 276 g/mol. The van der Waals surface area contributed by atoms with E-state index in [0.29, 0.717) is 16.3 Å². The van der Waals surface area contributed by atoms with Crippen molar-refractivity contribution >= 4 is 23.7 Å². The van der Waals surface area contributed by atoms with Crippen LogP contribution in [0.5, 0.6) is 5.75 Å². The summed E-state index contributed by atoms with van der Waals surface area (Å²) in [5, 5.41) is 4.51. The van der Waals surface area contributed by atoms with Gasteiger partial charge in [-0.2, -0.15) is 5.10 Å². The first-order valence-corrected chi connectivity index (χ1v) is 6.30. The van der Waals surface area contributed by atoms with Crippen molar-refractivity contribution in [2.75, 3.05) is 7.11 Å². The van der Waals surface area contributed by atoms with Gasteiger partial charge in [-0.3, -0.25) is 4.79 Å². The highest BCUT2D eigenvalue weighted by molar-refractivity contribution is 6.30. The fourth-order valence-electron chi connectivity index (χ4n) is 1.64. The maximum absolute atomic E-state index is 12.0. The predicted octanol–water partition coefficient (Wildman–Crippen LogP) is 3.11. The molecule has 5 heteroatoms. The number of rotatable bonds is 4. The summed E-state index contributed by atoms with van der Waals surface area (Å²) in [6.45, 7) is 0. The molecule has 0 aliphatic carbocycles. The summed E-state index contributed by atoms with van der Waals surface area (Å²) >= 11 is 5.86. The van der Waals surface area contributed by atoms with E-state index < -0.39 is 0 Å². The number of halogens is 1. The van der Waals surface area contributed by atoms with Gasteiger partial charge in [0.05, 0.1) is 18.9 Å². The van der Waals surface area contributed by atoms with Crippen molar-refractivity contribution in [3.63, 3.8) is 0 Å². The van der Waals surface area contributed by atoms with Crippen molar-refractivity contribution in [1.29, 1.82) is 0 Å². The summed E-state index contributed by atoms with van der Waals surface area (Å²) in [6, 6.07) is 14.1. The molecule has 20 heavy (non-hydrogen) atoms. The van der Waals surface area contributed by atoms with Crippen LogP contribution >= 0.6 is 11.6 Å². The number of nitrogens with zero attached hydrogens (tertiary/aromatic N) is 1. The molecule has 0 saturated carbocycles. The van der Waals surface area contributed by atoms with Crippen molar-refractivity contribution < 1.29 is 9.53 Å². The number of benzene rings is 2. The fourth-order valence-corrected chi connectivity index (χ4v) is 1.84. The summed E-state index contributed by atoms with van der Waals surface area (Å²) in [4.78, 5) is 12.0. The second-order valence-electron chi connectivity index (χ2n) is 3.95. The normalized spacial score (nSPS) is 10.5. The second-order valence-corrected chi connectivity index (χ2v) is 4.39. The summed E-state index contributed by atoms with van der Waals surface area (Å²) in [6.07, 6.45) is 1.53. The van der Waals surface area contributed by atoms with Crippen LogP contribution in [-0.2, 0) is 0 Å². The molecule has 0 fully saturated rings. The maximum atomic E-state index is 12.0. The Balaban J connectivity index is 2.05. The van der Waals surface area contributed by atoms with Gasteiger partial charge >= 0.3 is 0 Å². The lowest BCUT2D eigenvalue weighted by atomic mass is 10.2. The Morgan fingerprint density at radius 1 is 1.25 bits per heavy atom. The quantitative estimate of drug-likeness (QED) is 0.694. The van der Waals surface area contributed by atoms with E-state index in [0.717, 1.165) is 5.56 Å². The highest BCUT2D eigenvalue weighted by Crippen LogP contribution is 2.16. The zero-order valence-corrected chi connectivity index (χ0v) is 11.6. The van der Waals surface area contributed by atoms with Crippen LogP contribution in [0.2, 0.25) is 5.02 Å². The number of carbonyl (C=O) groups excluding carboxylic acids is 1. The molecule has 0 bridgehead atoms. The molecule has 0 aliphatic heterocycles. The van der Waals surface area contributed by atoms with E-state index in [1.165, 1.54) is 13.3 Å². The predicted molar refractivity (Wildman–Crippen MR) is 79.5 cm³/mol. The zero-order valence-electron chi connectivity index (χ0n) is 10.8. The molecule has 1 amide bonds. The molecule has 0 aliphatic rings. The summed E-state index contributed by atoms with van der Waals surface area (Å²) < 4.78 is 5.12. The number of hydrogen-bond donors (Lipinski definition) is 1. The standard InChI is InChI=1S/C15H13ClN2O2/c1-20-14-8-3-2-7-13(14)15(19)18-17-10-11-5-4-6-12(16)9-11/h2-10H,1H3,(H,18,19)/b17-10+. The van der Waals surface area contributed by atoms with E-state index in [-0.39, 0.29) is 5.91 Å². The van der Waals surface area contributed by atoms with Gasteiger partial charge in [-0.25, -0.2) is 5.43 Å². The average Bonchev–Trinajstić information content (AvgIpc) is 2.47. The van der Waals surface area contributed by atoms with E-state index in [1.54, 1.807) is 36.4 Å². The van der Waals surface area contributed by atoms with Crippen LogP contribution in [0.4, 0.5) is 0 Å². The third-order valence-corrected chi connectivity index (χ3v) is 2.82. The summed E-state index contributed by atoms with van der Waals surface area (Å²) in [5.74, 6) is 0.170. The van der Waals surface area contributed by atoms with Crippen LogP contribution in [0, 0.1) is 0 Å². The molecule has 1 N–H and O–H groups in total. The lowest BCUT2D eigenvalue weighted by molar-refractivity contribution is 0.0952. The monoisotopic (exact) mass is 288 g/mol. The van der Waals surface area contributed by atoms with Crippen LogP contribution in [0.25, 0.3) is 0 Å². The number of ether oxygens (including phenoxy) is 1. The maximum Gasteiger partial charge on any atom is 0.275 e. The lowest BCUT2D eigenvalue weighted by Crippen LogP contribution is -2.18. The molecule has 0 saturated heterocycles. The number of carbonyl (C=O) groups is 1. The molecule has 0 radical (unpaired) electrons. The first-order chi connectivity index (χ1) is 9.70. The molecule has 0 atom stereocenters. The van der Waals surface area contributed by atoms with Gasteiger partial charge in [0.2, 0.25) is 0 Å². The van der Waals surface area contributed by atoms with Gasteiger partial charge in [-0.1, -0.05) is 35.9 Å². The molecule has 0 aromatic heterocycles. The highest BCUT2D eigenvalue weighted by Gasteiger charge is 2.09. The van der Waals surface area contributed by atoms with E-state index >= 15 is 0 Å². The lowest BCUT2D eigenvalue weighted by Gasteiger charge is -2.05. The van der Waals surface area contributed by atoms with E-state index in [4.69, 9.17) is 16.3 Å². The largest absolute Gasteiger partial charge is 0.496 e. The summed E-state index contributed by atoms with van der Waals surface area (Å²) in [5.41, 5.74) is 3.68. The molecule has 4 nitrogen and oxygen atoms in total. The van der Waals surface area contributed by atoms with Gasteiger partial charge in [0.1, 0.15) is 5.75 Å². The Hall–Kier alpha value is -2.33. The molecule has 2 aromatic rings. The van der Waals surface area contributed by atoms with Gasteiger partial charge in [0.25, 0.3) is 5.91 Å². The van der Waals surface area contributed by atoms with E-state index in [2.05, 4.69) is 10.5 Å². The SMILES string of the molecule is COc1ccccc1C(=O)N/N=C/c1cccc(Cl)c1. The average molecular weight is 289 g/mol. The van der Waals surface area contributed by atoms with Crippen LogP contribution in [-0.4, -0.2) is 19.2 Å². The molecule has 102 valence electrons. The Kier molecular flexibility index (Phi) is 4.74. The van der Waals surface area contributed by atoms with Gasteiger partial charge < -0.3 is 4.74 Å². The molecule has 2 rings (SSSR count). The van der Waals surface area contributed by atoms with Crippen LogP contribution in [0.3, 0.4) is 0 Å². The molecule has 0 spiro atoms. The minimum atomic E-state index is -0.333. The number of hydrogen-bond acceptors (Lipinski definition) is 3. The van der Waals surface area contributed by atoms with E-state index in [1.807, 2.05) is 12.1 Å². The summed E-state index contributed by atoms with van der Waals surface area (Å²) in [7, 11) is 1.52. The van der Waals surface area contributed by atoms with Crippen LogP contribution in [0.15, 0.2) is 53.6 Å². The van der Waals surface area contributed by atoms with E-state index in [9.17, 15) is 4.79 Å².